The zero-order valence-electron chi connectivity index (χ0n) is 10.5. The van der Waals surface area contributed by atoms with Gasteiger partial charge in [-0.25, -0.2) is 4.39 Å². The van der Waals surface area contributed by atoms with Crippen LogP contribution in [0.3, 0.4) is 0 Å². The molecule has 0 saturated carbocycles. The average molecular weight is 266 g/mol. The predicted molar refractivity (Wildman–Crippen MR) is 75.2 cm³/mol. The Morgan fingerprint density at radius 2 is 1.95 bits per heavy atom. The lowest BCUT2D eigenvalue weighted by atomic mass is 10.1. The van der Waals surface area contributed by atoms with E-state index >= 15 is 0 Å². The van der Waals surface area contributed by atoms with Gasteiger partial charge in [-0.15, -0.1) is 0 Å². The van der Waals surface area contributed by atoms with E-state index in [1.165, 1.54) is 24.3 Å². The van der Waals surface area contributed by atoms with Gasteiger partial charge in [-0.2, -0.15) is 5.26 Å². The zero-order chi connectivity index (χ0) is 14.4. The fourth-order valence-electron chi connectivity index (χ4n) is 1.59. The number of hydrogen-bond acceptors (Lipinski definition) is 2. The first-order valence-corrected chi connectivity index (χ1v) is 5.92. The molecular weight excluding hydrogens is 255 g/mol. The van der Waals surface area contributed by atoms with Crippen molar-refractivity contribution in [3.8, 4) is 6.07 Å². The first kappa shape index (κ1) is 13.5. The van der Waals surface area contributed by atoms with E-state index < -0.39 is 5.82 Å². The highest BCUT2D eigenvalue weighted by molar-refractivity contribution is 6.01. The topological polar surface area (TPSA) is 52.9 Å². The number of carbonyl (C=O) groups excluding carboxylic acids is 1. The van der Waals surface area contributed by atoms with Crippen molar-refractivity contribution in [2.45, 2.75) is 0 Å². The molecule has 0 heterocycles. The van der Waals surface area contributed by atoms with Gasteiger partial charge in [-0.05, 0) is 42.0 Å². The summed E-state index contributed by atoms with van der Waals surface area (Å²) in [6.07, 6.45) is 2.97. The quantitative estimate of drug-likeness (QED) is 0.866. The van der Waals surface area contributed by atoms with Crippen molar-refractivity contribution in [1.29, 1.82) is 5.26 Å². The summed E-state index contributed by atoms with van der Waals surface area (Å²) >= 11 is 0. The van der Waals surface area contributed by atoms with Crippen molar-refractivity contribution in [1.82, 2.24) is 0 Å². The molecule has 0 saturated heterocycles. The third-order valence-corrected chi connectivity index (χ3v) is 2.56. The van der Waals surface area contributed by atoms with Gasteiger partial charge in [0.2, 0.25) is 5.91 Å². The smallest absolute Gasteiger partial charge is 0.248 e. The molecule has 0 fully saturated rings. The highest BCUT2D eigenvalue weighted by Gasteiger charge is 1.99. The maximum Gasteiger partial charge on any atom is 0.248 e. The van der Waals surface area contributed by atoms with Crippen LogP contribution in [0.5, 0.6) is 0 Å². The Balaban J connectivity index is 2.00. The third-order valence-electron chi connectivity index (χ3n) is 2.56. The molecule has 0 spiro atoms. The summed E-state index contributed by atoms with van der Waals surface area (Å²) in [7, 11) is 0. The Labute approximate surface area is 116 Å². The van der Waals surface area contributed by atoms with Gasteiger partial charge in [0.25, 0.3) is 0 Å². The Morgan fingerprint density at radius 1 is 1.20 bits per heavy atom. The molecular formula is C16H11FN2O. The highest BCUT2D eigenvalue weighted by atomic mass is 19.1. The van der Waals surface area contributed by atoms with Crippen LogP contribution in [0.4, 0.5) is 10.1 Å². The van der Waals surface area contributed by atoms with Crippen LogP contribution in [0.1, 0.15) is 11.1 Å². The van der Waals surface area contributed by atoms with Crippen molar-refractivity contribution < 1.29 is 9.18 Å². The molecule has 98 valence electrons. The molecule has 0 bridgehead atoms. The van der Waals surface area contributed by atoms with Gasteiger partial charge in [-0.3, -0.25) is 4.79 Å². The summed E-state index contributed by atoms with van der Waals surface area (Å²) in [5.41, 5.74) is 1.77. The van der Waals surface area contributed by atoms with Gasteiger partial charge in [0, 0.05) is 11.8 Å². The first-order chi connectivity index (χ1) is 9.67. The monoisotopic (exact) mass is 266 g/mol. The van der Waals surface area contributed by atoms with E-state index in [9.17, 15) is 9.18 Å². The van der Waals surface area contributed by atoms with E-state index in [2.05, 4.69) is 5.32 Å². The molecule has 0 aliphatic heterocycles. The van der Waals surface area contributed by atoms with E-state index in [1.54, 1.807) is 36.4 Å². The van der Waals surface area contributed by atoms with Crippen molar-refractivity contribution in [2.75, 3.05) is 5.32 Å². The van der Waals surface area contributed by atoms with Crippen LogP contribution in [-0.2, 0) is 4.79 Å². The zero-order valence-corrected chi connectivity index (χ0v) is 10.5. The SMILES string of the molecule is N#Cc1ccc(/C=C/C(=O)Nc2cccc(F)c2)cc1. The summed E-state index contributed by atoms with van der Waals surface area (Å²) in [4.78, 5) is 11.6. The van der Waals surface area contributed by atoms with Crippen LogP contribution in [0.25, 0.3) is 6.08 Å². The minimum atomic E-state index is -0.404. The largest absolute Gasteiger partial charge is 0.322 e. The van der Waals surface area contributed by atoms with Crippen molar-refractivity contribution >= 4 is 17.7 Å². The first-order valence-electron chi connectivity index (χ1n) is 5.92. The van der Waals surface area contributed by atoms with Crippen LogP contribution in [-0.4, -0.2) is 5.91 Å². The Bertz CT molecular complexity index is 684. The molecule has 1 N–H and O–H groups in total. The van der Waals surface area contributed by atoms with Crippen molar-refractivity contribution in [3.05, 3.63) is 71.6 Å². The van der Waals surface area contributed by atoms with Gasteiger partial charge in [0.15, 0.2) is 0 Å². The van der Waals surface area contributed by atoms with E-state index in [0.717, 1.165) is 5.56 Å². The number of anilines is 1. The van der Waals surface area contributed by atoms with Gasteiger partial charge in [0.1, 0.15) is 5.82 Å². The number of rotatable bonds is 3. The molecule has 1 amide bonds. The van der Waals surface area contributed by atoms with E-state index in [1.807, 2.05) is 6.07 Å². The second kappa shape index (κ2) is 6.30. The van der Waals surface area contributed by atoms with E-state index in [-0.39, 0.29) is 5.91 Å². The average Bonchev–Trinajstić information content (AvgIpc) is 2.46. The lowest BCUT2D eigenvalue weighted by Gasteiger charge is -2.01. The van der Waals surface area contributed by atoms with Gasteiger partial charge in [-0.1, -0.05) is 18.2 Å². The van der Waals surface area contributed by atoms with Crippen LogP contribution >= 0.6 is 0 Å². The number of hydrogen-bond donors (Lipinski definition) is 1. The molecule has 2 rings (SSSR count). The fraction of sp³-hybridized carbons (Fsp3) is 0. The Kier molecular flexibility index (Phi) is 4.25. The molecule has 0 atom stereocenters. The molecule has 0 aliphatic carbocycles. The van der Waals surface area contributed by atoms with Crippen molar-refractivity contribution in [3.63, 3.8) is 0 Å². The van der Waals surface area contributed by atoms with E-state index in [0.29, 0.717) is 11.3 Å². The minimum absolute atomic E-state index is 0.347. The fourth-order valence-corrected chi connectivity index (χ4v) is 1.59. The number of amides is 1. The lowest BCUT2D eigenvalue weighted by Crippen LogP contribution is -2.07. The maximum absolute atomic E-state index is 12.9. The minimum Gasteiger partial charge on any atom is -0.322 e. The summed E-state index contributed by atoms with van der Waals surface area (Å²) in [6.45, 7) is 0. The summed E-state index contributed by atoms with van der Waals surface area (Å²) < 4.78 is 12.9. The lowest BCUT2D eigenvalue weighted by molar-refractivity contribution is -0.111. The van der Waals surface area contributed by atoms with E-state index in [4.69, 9.17) is 5.26 Å². The predicted octanol–water partition coefficient (Wildman–Crippen LogP) is 3.35. The Morgan fingerprint density at radius 3 is 2.60 bits per heavy atom. The number of nitriles is 1. The standard InChI is InChI=1S/C16H11FN2O/c17-14-2-1-3-15(10-14)19-16(20)9-8-12-4-6-13(11-18)7-5-12/h1-10H,(H,19,20)/b9-8+. The summed E-state index contributed by atoms with van der Waals surface area (Å²) in [5, 5.41) is 11.2. The second-order valence-corrected chi connectivity index (χ2v) is 4.07. The maximum atomic E-state index is 12.9. The molecule has 0 aromatic heterocycles. The highest BCUT2D eigenvalue weighted by Crippen LogP contribution is 2.10. The number of halogens is 1. The summed E-state index contributed by atoms with van der Waals surface area (Å²) in [5.74, 6) is -0.751. The van der Waals surface area contributed by atoms with Gasteiger partial charge >= 0.3 is 0 Å². The molecule has 2 aromatic carbocycles. The van der Waals surface area contributed by atoms with Crippen LogP contribution < -0.4 is 5.32 Å². The second-order valence-electron chi connectivity index (χ2n) is 4.07. The number of carbonyl (C=O) groups is 1. The molecule has 0 radical (unpaired) electrons. The number of nitrogens with zero attached hydrogens (tertiary/aromatic N) is 1. The molecule has 20 heavy (non-hydrogen) atoms. The van der Waals surface area contributed by atoms with Crippen LogP contribution in [0.15, 0.2) is 54.6 Å². The van der Waals surface area contributed by atoms with Gasteiger partial charge in [0.05, 0.1) is 11.6 Å². The Hall–Kier alpha value is -2.93. The molecule has 4 heteroatoms. The molecule has 3 nitrogen and oxygen atoms in total. The molecule has 0 unspecified atom stereocenters. The molecule has 0 aliphatic rings. The van der Waals surface area contributed by atoms with Crippen LogP contribution in [0.2, 0.25) is 0 Å². The van der Waals surface area contributed by atoms with Crippen molar-refractivity contribution in [2.24, 2.45) is 0 Å². The number of benzene rings is 2. The summed E-state index contributed by atoms with van der Waals surface area (Å²) in [6, 6.07) is 14.5. The normalized spacial score (nSPS) is 10.2. The molecule has 2 aromatic rings. The van der Waals surface area contributed by atoms with Crippen LogP contribution in [0, 0.1) is 17.1 Å². The van der Waals surface area contributed by atoms with Gasteiger partial charge < -0.3 is 5.32 Å². The number of nitrogens with one attached hydrogen (secondary N) is 1. The third kappa shape index (κ3) is 3.79.